The van der Waals surface area contributed by atoms with Gasteiger partial charge in [-0.05, 0) is 129 Å². The number of aromatic nitrogens is 4. The molecule has 5 nitrogen and oxygen atoms in total. The van der Waals surface area contributed by atoms with Crippen molar-refractivity contribution in [3.63, 3.8) is 0 Å². The van der Waals surface area contributed by atoms with Crippen LogP contribution in [0.15, 0.2) is 237 Å². The maximum atomic E-state index is 6.92. The number of hydrogen-bond acceptors (Lipinski definition) is 2. The molecule has 0 bridgehead atoms. The predicted molar refractivity (Wildman–Crippen MR) is 347 cm³/mol. The van der Waals surface area contributed by atoms with Crippen molar-refractivity contribution in [2.24, 2.45) is 0 Å². The molecule has 0 fully saturated rings. The molecule has 0 amide bonds. The summed E-state index contributed by atoms with van der Waals surface area (Å²) in [7, 11) is -3.25. The minimum atomic E-state index is -3.25. The molecular weight excluding hydrogens is 1230 g/mol. The van der Waals surface area contributed by atoms with Crippen LogP contribution >= 0.6 is 0 Å². The van der Waals surface area contributed by atoms with Gasteiger partial charge in [-0.15, -0.1) is 29.7 Å². The van der Waals surface area contributed by atoms with Gasteiger partial charge in [0.05, 0.1) is 16.7 Å². The van der Waals surface area contributed by atoms with Crippen molar-refractivity contribution in [2.75, 3.05) is 0 Å². The number of pyridine rings is 1. The molecule has 10 aromatic carbocycles. The van der Waals surface area contributed by atoms with Crippen molar-refractivity contribution in [3.05, 3.63) is 272 Å². The molecule has 0 atom stereocenters. The maximum Gasteiger partial charge on any atom is 0.268 e. The van der Waals surface area contributed by atoms with Crippen LogP contribution in [0.25, 0.3) is 83.4 Å². The molecule has 418 valence electrons. The van der Waals surface area contributed by atoms with Crippen LogP contribution in [0.2, 0.25) is 0 Å². The van der Waals surface area contributed by atoms with Crippen molar-refractivity contribution in [2.45, 2.75) is 77.6 Å². The van der Waals surface area contributed by atoms with Crippen LogP contribution in [-0.4, -0.2) is 22.2 Å². The molecule has 1 aliphatic carbocycles. The first kappa shape index (κ1) is 54.3. The topological polar surface area (TPSA) is 35.9 Å². The molecule has 0 unspecified atom stereocenters. The van der Waals surface area contributed by atoms with Crippen LogP contribution in [0.3, 0.4) is 0 Å². The van der Waals surface area contributed by atoms with Gasteiger partial charge in [-0.3, -0.25) is 4.57 Å². The summed E-state index contributed by atoms with van der Waals surface area (Å²) in [6, 6.07) is 92.7. The first-order chi connectivity index (χ1) is 40.8. The van der Waals surface area contributed by atoms with Crippen LogP contribution in [0.1, 0.15) is 78.0 Å². The minimum absolute atomic E-state index is 0. The summed E-state index contributed by atoms with van der Waals surface area (Å²) in [6.45, 7) is 16.6. The van der Waals surface area contributed by atoms with Gasteiger partial charge in [-0.2, -0.15) is 18.2 Å². The molecule has 0 N–H and O–H groups in total. The van der Waals surface area contributed by atoms with Crippen molar-refractivity contribution < 1.29 is 30.4 Å². The number of benzene rings is 10. The summed E-state index contributed by atoms with van der Waals surface area (Å²) in [5.74, 6) is 2.00. The van der Waals surface area contributed by atoms with Crippen LogP contribution in [-0.2, 0) is 37.3 Å². The Morgan fingerprint density at radius 3 is 1.82 bits per heavy atom. The number of rotatable bonds is 8. The average molecular weight is 1300 g/mol. The van der Waals surface area contributed by atoms with Gasteiger partial charge in [0.2, 0.25) is 0 Å². The van der Waals surface area contributed by atoms with Gasteiger partial charge in [-0.25, -0.2) is 4.98 Å². The summed E-state index contributed by atoms with van der Waals surface area (Å²) in [6.07, 6.45) is 8.26. The molecule has 85 heavy (non-hydrogen) atoms. The van der Waals surface area contributed by atoms with Gasteiger partial charge < -0.3 is 13.9 Å². The van der Waals surface area contributed by atoms with Crippen LogP contribution in [0.5, 0.6) is 11.5 Å². The van der Waals surface area contributed by atoms with E-state index in [2.05, 4.69) is 299 Å². The molecule has 2 aliphatic rings. The van der Waals surface area contributed by atoms with Crippen LogP contribution in [0, 0.1) is 18.5 Å². The zero-order valence-electron chi connectivity index (χ0n) is 48.9. The largest absolute Gasteiger partial charge is 0.510 e. The Bertz CT molecular complexity index is 4650. The Morgan fingerprint density at radius 2 is 1.12 bits per heavy atom. The molecule has 13 aromatic rings. The number of ether oxygens (including phenoxy) is 1. The van der Waals surface area contributed by atoms with E-state index < -0.39 is 8.07 Å². The van der Waals surface area contributed by atoms with E-state index >= 15 is 0 Å². The van der Waals surface area contributed by atoms with Gasteiger partial charge in [0.1, 0.15) is 5.82 Å². The third kappa shape index (κ3) is 8.65. The fraction of sp³-hybridized carbons (Fsp3) is 0.154. The standard InChI is InChI=1S/C78H64N4OSi.Pt/c1-76(2,3)52-44-47-79-71(48-52)82-67-37-20-19-34-61(67)62-41-40-55(50-69(62)82)83-54-25-21-24-53(49-54)80-51-81-74-64(35-22-38-68(74)80)60-33-18-17-32-59(60)63-42-43-66-73(78(6,7)46-45-77(66,4)5)72(63)65-36-23-39-70(75(65)81)84(56-26-11-8-12-27-56,57-28-13-9-14-29-57)58-30-15-10-16-31-58;/h8-44,47-48H,45-46H2,1-7H3;/q-2;. The molecule has 0 radical (unpaired) electrons. The van der Waals surface area contributed by atoms with Gasteiger partial charge in [0.15, 0.2) is 8.07 Å². The number of nitrogens with zero attached hydrogens (tertiary/aromatic N) is 4. The van der Waals surface area contributed by atoms with E-state index in [9.17, 15) is 0 Å². The van der Waals surface area contributed by atoms with Crippen molar-refractivity contribution in [1.82, 2.24) is 14.1 Å². The Morgan fingerprint density at radius 1 is 0.529 bits per heavy atom. The summed E-state index contributed by atoms with van der Waals surface area (Å²) in [5.41, 5.74) is 17.1. The molecule has 7 heteroatoms. The van der Waals surface area contributed by atoms with Gasteiger partial charge in [-0.1, -0.05) is 236 Å². The first-order valence-electron chi connectivity index (χ1n) is 29.5. The Hall–Kier alpha value is -8.67. The van der Waals surface area contributed by atoms with Crippen LogP contribution < -0.4 is 30.1 Å². The van der Waals surface area contributed by atoms with E-state index in [1.165, 1.54) is 65.3 Å². The Balaban J connectivity index is 0.00000640. The molecule has 0 saturated heterocycles. The minimum Gasteiger partial charge on any atom is -0.510 e. The van der Waals surface area contributed by atoms with Gasteiger partial charge in [0.25, 0.3) is 6.33 Å². The second kappa shape index (κ2) is 20.5. The third-order valence-electron chi connectivity index (χ3n) is 18.3. The van der Waals surface area contributed by atoms with E-state index in [1.54, 1.807) is 0 Å². The van der Waals surface area contributed by atoms with Gasteiger partial charge >= 0.3 is 0 Å². The van der Waals surface area contributed by atoms with E-state index in [-0.39, 0.29) is 37.3 Å². The molecule has 4 heterocycles. The van der Waals surface area contributed by atoms with E-state index in [4.69, 9.17) is 9.72 Å². The molecule has 0 spiro atoms. The summed E-state index contributed by atoms with van der Waals surface area (Å²) >= 11 is 0. The summed E-state index contributed by atoms with van der Waals surface area (Å²) in [4.78, 5) is 4.94. The monoisotopic (exact) mass is 1300 g/mol. The Kier molecular flexibility index (Phi) is 13.1. The Labute approximate surface area is 514 Å². The van der Waals surface area contributed by atoms with Crippen molar-refractivity contribution in [3.8, 4) is 62.1 Å². The fourth-order valence-electron chi connectivity index (χ4n) is 14.2. The SMILES string of the molecule is CC(C)(C)c1ccnc(-n2c3[c-]c(Oc4[c-]c(-n5[c-][n+]6c7c(cccc75)-c5ccccc5-c5ccc7c(c5-c5cccc([Si](c8ccccc8)(c8ccccc8)c8ccccc8)c5-6)C(C)(C)CCC7(C)C)ccc4)ccc3c3ccccc32)c1.[Pt]. The van der Waals surface area contributed by atoms with Crippen LogP contribution in [0.4, 0.5) is 0 Å². The number of para-hydroxylation sites is 3. The van der Waals surface area contributed by atoms with Gasteiger partial charge in [0, 0.05) is 44.3 Å². The molecule has 3 aromatic heterocycles. The van der Waals surface area contributed by atoms with Crippen molar-refractivity contribution in [1.29, 1.82) is 0 Å². The second-order valence-corrected chi connectivity index (χ2v) is 29.1. The molecular formula is C78H64N4OPtSi-2. The first-order valence-corrected chi connectivity index (χ1v) is 31.5. The molecule has 15 rings (SSSR count). The summed E-state index contributed by atoms with van der Waals surface area (Å²) < 4.78 is 13.8. The van der Waals surface area contributed by atoms with E-state index in [1.807, 2.05) is 18.3 Å². The zero-order valence-corrected chi connectivity index (χ0v) is 52.2. The van der Waals surface area contributed by atoms with Crippen molar-refractivity contribution >= 4 is 61.7 Å². The number of hydrogen-bond donors (Lipinski definition) is 0. The van der Waals surface area contributed by atoms with E-state index in [0.717, 1.165) is 68.4 Å². The quantitative estimate of drug-likeness (QED) is 0.0658. The zero-order chi connectivity index (χ0) is 57.1. The second-order valence-electron chi connectivity index (χ2n) is 25.3. The molecule has 0 saturated carbocycles. The molecule has 1 aliphatic heterocycles. The third-order valence-corrected chi connectivity index (χ3v) is 23.1. The smallest absolute Gasteiger partial charge is 0.268 e. The fourth-order valence-corrected chi connectivity index (χ4v) is 19.1. The number of imidazole rings is 1. The summed E-state index contributed by atoms with van der Waals surface area (Å²) in [5, 5.41) is 7.42. The predicted octanol–water partition coefficient (Wildman–Crippen LogP) is 15.9. The normalized spacial score (nSPS) is 14.1. The number of fused-ring (bicyclic) bond motifs is 12. The van der Waals surface area contributed by atoms with E-state index in [0.29, 0.717) is 11.5 Å². The average Bonchev–Trinajstić information content (AvgIpc) is 3.54. The maximum absolute atomic E-state index is 6.92.